The quantitative estimate of drug-likeness (QED) is 0.728. The van der Waals surface area contributed by atoms with Gasteiger partial charge in [0.2, 0.25) is 0 Å². The number of hydrogen-bond donors (Lipinski definition) is 2. The predicted molar refractivity (Wildman–Crippen MR) is 59.4 cm³/mol. The monoisotopic (exact) mass is 222 g/mol. The molecule has 15 heavy (non-hydrogen) atoms. The van der Waals surface area contributed by atoms with Gasteiger partial charge in [0.15, 0.2) is 4.77 Å². The summed E-state index contributed by atoms with van der Waals surface area (Å²) in [6, 6.07) is 3.34. The van der Waals surface area contributed by atoms with Gasteiger partial charge < -0.3 is 9.40 Å². The van der Waals surface area contributed by atoms with E-state index in [1.54, 1.807) is 0 Å². The van der Waals surface area contributed by atoms with Gasteiger partial charge >= 0.3 is 0 Å². The van der Waals surface area contributed by atoms with Crippen LogP contribution >= 0.6 is 12.2 Å². The fourth-order valence-corrected chi connectivity index (χ4v) is 1.72. The summed E-state index contributed by atoms with van der Waals surface area (Å²) in [6.45, 7) is 3.71. The third-order valence-electron chi connectivity index (χ3n) is 2.09. The number of hydrogen-bond acceptors (Lipinski definition) is 3. The summed E-state index contributed by atoms with van der Waals surface area (Å²) >= 11 is 4.90. The molecule has 78 valence electrons. The molecule has 2 aromatic heterocycles. The van der Waals surface area contributed by atoms with Crippen molar-refractivity contribution in [3.05, 3.63) is 38.8 Å². The van der Waals surface area contributed by atoms with Crippen molar-refractivity contribution in [3.8, 4) is 11.3 Å². The summed E-state index contributed by atoms with van der Waals surface area (Å²) in [5.41, 5.74) is 1.33. The maximum absolute atomic E-state index is 11.2. The van der Waals surface area contributed by atoms with Crippen molar-refractivity contribution in [2.75, 3.05) is 0 Å². The second kappa shape index (κ2) is 3.51. The molecule has 0 aliphatic heterocycles. The molecule has 4 nitrogen and oxygen atoms in total. The molecular formula is C10H10N2O2S. The molecule has 0 atom stereocenters. The molecule has 0 saturated heterocycles. The predicted octanol–water partition coefficient (Wildman–Crippen LogP) is 2.31. The Kier molecular flexibility index (Phi) is 2.32. The number of aromatic nitrogens is 2. The molecule has 0 unspecified atom stereocenters. The number of nitrogens with one attached hydrogen (secondary N) is 2. The largest absolute Gasteiger partial charge is 0.466 e. The van der Waals surface area contributed by atoms with Crippen LogP contribution in [0.2, 0.25) is 0 Å². The van der Waals surface area contributed by atoms with E-state index in [0.29, 0.717) is 10.5 Å². The first kappa shape index (κ1) is 9.92. The smallest absolute Gasteiger partial charge is 0.252 e. The molecule has 2 heterocycles. The maximum Gasteiger partial charge on any atom is 0.252 e. The highest BCUT2D eigenvalue weighted by molar-refractivity contribution is 7.71. The molecule has 0 amide bonds. The Bertz CT molecular complexity index is 578. The second-order valence-electron chi connectivity index (χ2n) is 3.33. The number of furan rings is 1. The van der Waals surface area contributed by atoms with Crippen LogP contribution in [0.4, 0.5) is 0 Å². The number of H-pyrrole nitrogens is 2. The topological polar surface area (TPSA) is 61.8 Å². The molecule has 2 rings (SSSR count). The summed E-state index contributed by atoms with van der Waals surface area (Å²) in [5.74, 6) is 1.57. The lowest BCUT2D eigenvalue weighted by Gasteiger charge is -1.97. The van der Waals surface area contributed by atoms with Gasteiger partial charge in [-0.2, -0.15) is 0 Å². The highest BCUT2D eigenvalue weighted by Crippen LogP contribution is 2.23. The van der Waals surface area contributed by atoms with Gasteiger partial charge in [0.25, 0.3) is 5.56 Å². The van der Waals surface area contributed by atoms with Crippen LogP contribution in [0.5, 0.6) is 0 Å². The highest BCUT2D eigenvalue weighted by atomic mass is 32.1. The normalized spacial score (nSPS) is 10.5. The van der Waals surface area contributed by atoms with Gasteiger partial charge in [-0.25, -0.2) is 0 Å². The zero-order chi connectivity index (χ0) is 11.0. The van der Waals surface area contributed by atoms with Gasteiger partial charge in [0.05, 0.1) is 5.69 Å². The molecular weight excluding hydrogens is 212 g/mol. The van der Waals surface area contributed by atoms with E-state index in [1.807, 2.05) is 19.9 Å². The molecule has 0 aromatic carbocycles. The first-order valence-electron chi connectivity index (χ1n) is 4.47. The van der Waals surface area contributed by atoms with E-state index in [0.717, 1.165) is 17.1 Å². The molecule has 2 aromatic rings. The number of rotatable bonds is 1. The van der Waals surface area contributed by atoms with Crippen LogP contribution in [-0.2, 0) is 0 Å². The maximum atomic E-state index is 11.2. The molecule has 0 saturated carbocycles. The molecule has 2 N–H and O–H groups in total. The fourth-order valence-electron chi connectivity index (χ4n) is 1.51. The van der Waals surface area contributed by atoms with Gasteiger partial charge in [-0.1, -0.05) is 0 Å². The van der Waals surface area contributed by atoms with Gasteiger partial charge in [-0.15, -0.1) is 0 Å². The molecule has 0 spiro atoms. The Labute approximate surface area is 91.0 Å². The Hall–Kier alpha value is -1.62. The summed E-state index contributed by atoms with van der Waals surface area (Å²) < 4.78 is 5.70. The minimum Gasteiger partial charge on any atom is -0.466 e. The third-order valence-corrected chi connectivity index (χ3v) is 2.30. The first-order chi connectivity index (χ1) is 7.06. The Morgan fingerprint density at radius 3 is 2.53 bits per heavy atom. The van der Waals surface area contributed by atoms with Crippen molar-refractivity contribution in [2.45, 2.75) is 13.8 Å². The van der Waals surface area contributed by atoms with Crippen LogP contribution in [0.25, 0.3) is 11.3 Å². The Morgan fingerprint density at radius 2 is 2.00 bits per heavy atom. The van der Waals surface area contributed by atoms with Crippen LogP contribution < -0.4 is 5.56 Å². The van der Waals surface area contributed by atoms with Crippen LogP contribution in [0.3, 0.4) is 0 Å². The van der Waals surface area contributed by atoms with Crippen LogP contribution in [0.15, 0.2) is 21.3 Å². The lowest BCUT2D eigenvalue weighted by Crippen LogP contribution is -2.06. The molecule has 0 fully saturated rings. The lowest BCUT2D eigenvalue weighted by molar-refractivity contribution is 0.505. The van der Waals surface area contributed by atoms with E-state index in [1.165, 1.54) is 6.07 Å². The average Bonchev–Trinajstić information content (AvgIpc) is 2.43. The summed E-state index contributed by atoms with van der Waals surface area (Å²) in [5, 5.41) is 0. The van der Waals surface area contributed by atoms with Crippen molar-refractivity contribution < 1.29 is 4.42 Å². The van der Waals surface area contributed by atoms with Crippen molar-refractivity contribution in [1.82, 2.24) is 9.97 Å². The second-order valence-corrected chi connectivity index (χ2v) is 3.74. The van der Waals surface area contributed by atoms with Crippen LogP contribution in [0, 0.1) is 18.6 Å². The molecule has 5 heteroatoms. The molecule has 0 aliphatic carbocycles. The van der Waals surface area contributed by atoms with E-state index in [9.17, 15) is 4.79 Å². The minimum atomic E-state index is -0.216. The average molecular weight is 222 g/mol. The zero-order valence-corrected chi connectivity index (χ0v) is 9.20. The molecule has 0 aliphatic rings. The Morgan fingerprint density at radius 1 is 1.27 bits per heavy atom. The standard InChI is InChI=1S/C10H10N2O2S/c1-5-3-7(6(2)14-5)8-4-9(13)12-10(15)11-8/h3-4H,1-2H3,(H2,11,12,13,15). The third kappa shape index (κ3) is 1.92. The summed E-state index contributed by atoms with van der Waals surface area (Å²) in [6.07, 6.45) is 0. The number of aromatic amines is 2. The van der Waals surface area contributed by atoms with Crippen molar-refractivity contribution in [1.29, 1.82) is 0 Å². The number of aryl methyl sites for hydroxylation is 2. The highest BCUT2D eigenvalue weighted by Gasteiger charge is 2.07. The van der Waals surface area contributed by atoms with Crippen LogP contribution in [0.1, 0.15) is 11.5 Å². The van der Waals surface area contributed by atoms with Crippen LogP contribution in [-0.4, -0.2) is 9.97 Å². The summed E-state index contributed by atoms with van der Waals surface area (Å²) in [4.78, 5) is 16.6. The fraction of sp³-hybridized carbons (Fsp3) is 0.200. The van der Waals surface area contributed by atoms with Gasteiger partial charge in [-0.3, -0.25) is 9.78 Å². The van der Waals surface area contributed by atoms with E-state index in [2.05, 4.69) is 9.97 Å². The van der Waals surface area contributed by atoms with Crippen molar-refractivity contribution in [3.63, 3.8) is 0 Å². The lowest BCUT2D eigenvalue weighted by atomic mass is 10.2. The van der Waals surface area contributed by atoms with Crippen molar-refractivity contribution >= 4 is 12.2 Å². The van der Waals surface area contributed by atoms with Crippen molar-refractivity contribution in [2.24, 2.45) is 0 Å². The van der Waals surface area contributed by atoms with E-state index >= 15 is 0 Å². The van der Waals surface area contributed by atoms with E-state index in [-0.39, 0.29) is 5.56 Å². The van der Waals surface area contributed by atoms with Gasteiger partial charge in [0, 0.05) is 11.6 Å². The first-order valence-corrected chi connectivity index (χ1v) is 4.88. The Balaban J connectivity index is 2.68. The van der Waals surface area contributed by atoms with E-state index in [4.69, 9.17) is 16.6 Å². The van der Waals surface area contributed by atoms with E-state index < -0.39 is 0 Å². The molecule has 0 bridgehead atoms. The van der Waals surface area contributed by atoms with Gasteiger partial charge in [-0.05, 0) is 32.1 Å². The minimum absolute atomic E-state index is 0.216. The summed E-state index contributed by atoms with van der Waals surface area (Å²) in [7, 11) is 0. The molecule has 0 radical (unpaired) electrons. The van der Waals surface area contributed by atoms with Gasteiger partial charge in [0.1, 0.15) is 11.5 Å². The SMILES string of the molecule is Cc1cc(-c2cc(=O)[nH]c(=S)[nH]2)c(C)o1. The zero-order valence-electron chi connectivity index (χ0n) is 8.38.